The average molecular weight is 243 g/mol. The van der Waals surface area contributed by atoms with Gasteiger partial charge in [0.05, 0.1) is 29.9 Å². The molecule has 0 radical (unpaired) electrons. The molecule has 0 unspecified atom stereocenters. The van der Waals surface area contributed by atoms with E-state index in [1.54, 1.807) is 0 Å². The summed E-state index contributed by atoms with van der Waals surface area (Å²) in [6, 6.07) is 2.99. The number of Topliss-reactive ketones (excluding diaryl/α,β-unsaturated/α-hetero) is 1. The molecule has 1 rings (SSSR count). The molecule has 0 aromatic heterocycles. The van der Waals surface area contributed by atoms with Crippen LogP contribution in [0.3, 0.4) is 0 Å². The van der Waals surface area contributed by atoms with Crippen molar-refractivity contribution >= 4 is 5.78 Å². The Balaban J connectivity index is 3.58. The Morgan fingerprint density at radius 1 is 1.41 bits per heavy atom. The number of nitrogens with zero attached hydrogens (tertiary/aromatic N) is 1. The second-order valence-corrected chi connectivity index (χ2v) is 3.26. The molecule has 0 heterocycles. The van der Waals surface area contributed by atoms with Crippen LogP contribution in [-0.2, 0) is 6.18 Å². The average Bonchev–Trinajstić information content (AvgIpc) is 2.25. The number of carbonyl (C=O) groups excluding carboxylic acids is 1. The van der Waals surface area contributed by atoms with Crippen LogP contribution in [0.1, 0.15) is 28.4 Å². The first-order chi connectivity index (χ1) is 7.81. The molecule has 0 saturated carbocycles. The summed E-state index contributed by atoms with van der Waals surface area (Å²) in [4.78, 5) is 11.2. The molecule has 0 N–H and O–H groups in total. The molecular formula is C11H8F3NO2. The van der Waals surface area contributed by atoms with Crippen molar-refractivity contribution < 1.29 is 22.7 Å². The molecule has 0 fully saturated rings. The number of hydrogen-bond acceptors (Lipinski definition) is 3. The molecule has 0 aliphatic heterocycles. The number of ketones is 1. The van der Waals surface area contributed by atoms with Crippen molar-refractivity contribution in [2.24, 2.45) is 0 Å². The van der Waals surface area contributed by atoms with Gasteiger partial charge in [0.15, 0.2) is 5.78 Å². The van der Waals surface area contributed by atoms with Gasteiger partial charge in [-0.1, -0.05) is 0 Å². The summed E-state index contributed by atoms with van der Waals surface area (Å²) in [6.45, 7) is 1.13. The fraction of sp³-hybridized carbons (Fsp3) is 0.273. The van der Waals surface area contributed by atoms with E-state index in [-0.39, 0.29) is 11.3 Å². The number of rotatable bonds is 2. The zero-order valence-corrected chi connectivity index (χ0v) is 9.05. The predicted molar refractivity (Wildman–Crippen MR) is 52.7 cm³/mol. The maximum atomic E-state index is 12.6. The van der Waals surface area contributed by atoms with Crippen LogP contribution in [0.25, 0.3) is 0 Å². The van der Waals surface area contributed by atoms with Gasteiger partial charge in [-0.25, -0.2) is 0 Å². The monoisotopic (exact) mass is 243 g/mol. The van der Waals surface area contributed by atoms with E-state index in [0.717, 1.165) is 13.0 Å². The summed E-state index contributed by atoms with van der Waals surface area (Å²) < 4.78 is 42.6. The highest BCUT2D eigenvalue weighted by Crippen LogP contribution is 2.35. The van der Waals surface area contributed by atoms with Crippen LogP contribution in [-0.4, -0.2) is 12.9 Å². The van der Waals surface area contributed by atoms with Gasteiger partial charge in [-0.05, 0) is 19.1 Å². The van der Waals surface area contributed by atoms with Gasteiger partial charge in [-0.3, -0.25) is 4.79 Å². The highest BCUT2D eigenvalue weighted by atomic mass is 19.4. The second kappa shape index (κ2) is 4.45. The number of ether oxygens (including phenoxy) is 1. The third-order valence-corrected chi connectivity index (χ3v) is 2.14. The molecule has 1 aromatic carbocycles. The molecule has 0 aliphatic rings. The van der Waals surface area contributed by atoms with Crippen molar-refractivity contribution in [3.63, 3.8) is 0 Å². The molecule has 0 saturated heterocycles. The highest BCUT2D eigenvalue weighted by molar-refractivity contribution is 5.97. The van der Waals surface area contributed by atoms with Crippen LogP contribution in [0.4, 0.5) is 13.2 Å². The Labute approximate surface area is 95.4 Å². The van der Waals surface area contributed by atoms with E-state index < -0.39 is 23.1 Å². The summed E-state index contributed by atoms with van der Waals surface area (Å²) in [5, 5.41) is 8.64. The van der Waals surface area contributed by atoms with Gasteiger partial charge in [-0.15, -0.1) is 0 Å². The number of benzene rings is 1. The van der Waals surface area contributed by atoms with Crippen LogP contribution >= 0.6 is 0 Å². The lowest BCUT2D eigenvalue weighted by Crippen LogP contribution is -2.10. The second-order valence-electron chi connectivity index (χ2n) is 3.26. The third kappa shape index (κ3) is 2.56. The molecule has 0 atom stereocenters. The molecule has 17 heavy (non-hydrogen) atoms. The SMILES string of the molecule is COc1cc(C#N)c(C(F)(F)F)cc1C(C)=O. The quantitative estimate of drug-likeness (QED) is 0.750. The zero-order valence-electron chi connectivity index (χ0n) is 9.05. The van der Waals surface area contributed by atoms with Crippen molar-refractivity contribution in [3.05, 3.63) is 28.8 Å². The molecule has 0 aliphatic carbocycles. The lowest BCUT2D eigenvalue weighted by atomic mass is 10.0. The Hall–Kier alpha value is -2.03. The Morgan fingerprint density at radius 2 is 2.00 bits per heavy atom. The summed E-state index contributed by atoms with van der Waals surface area (Å²) in [5.74, 6) is -0.598. The van der Waals surface area contributed by atoms with E-state index in [1.807, 2.05) is 0 Å². The van der Waals surface area contributed by atoms with E-state index in [9.17, 15) is 18.0 Å². The standard InChI is InChI=1S/C11H8F3NO2/c1-6(16)8-4-9(11(12,13)14)7(5-15)3-10(8)17-2/h3-4H,1-2H3. The van der Waals surface area contributed by atoms with Crippen LogP contribution in [0.2, 0.25) is 0 Å². The Bertz CT molecular complexity index is 501. The number of nitriles is 1. The van der Waals surface area contributed by atoms with E-state index in [2.05, 4.69) is 0 Å². The molecule has 90 valence electrons. The minimum absolute atomic E-state index is 0.0398. The van der Waals surface area contributed by atoms with Gasteiger partial charge in [0.1, 0.15) is 5.75 Å². The molecule has 0 spiro atoms. The normalized spacial score (nSPS) is 10.8. The van der Waals surface area contributed by atoms with Crippen molar-refractivity contribution in [2.75, 3.05) is 7.11 Å². The third-order valence-electron chi connectivity index (χ3n) is 2.14. The van der Waals surface area contributed by atoms with E-state index in [0.29, 0.717) is 6.07 Å². The lowest BCUT2D eigenvalue weighted by Gasteiger charge is -2.12. The fourth-order valence-corrected chi connectivity index (χ4v) is 1.35. The largest absolute Gasteiger partial charge is 0.496 e. The molecule has 0 amide bonds. The van der Waals surface area contributed by atoms with Gasteiger partial charge in [0.2, 0.25) is 0 Å². The summed E-state index contributed by atoms with van der Waals surface area (Å²) in [7, 11) is 1.22. The molecule has 3 nitrogen and oxygen atoms in total. The van der Waals surface area contributed by atoms with Crippen LogP contribution in [0.5, 0.6) is 5.75 Å². The summed E-state index contributed by atoms with van der Waals surface area (Å²) in [5.41, 5.74) is -1.90. The smallest absolute Gasteiger partial charge is 0.417 e. The first-order valence-corrected chi connectivity index (χ1v) is 4.51. The van der Waals surface area contributed by atoms with Gasteiger partial charge >= 0.3 is 6.18 Å². The van der Waals surface area contributed by atoms with Crippen LogP contribution in [0, 0.1) is 11.3 Å². The van der Waals surface area contributed by atoms with Gasteiger partial charge < -0.3 is 4.74 Å². The lowest BCUT2D eigenvalue weighted by molar-refractivity contribution is -0.137. The van der Waals surface area contributed by atoms with Crippen molar-refractivity contribution in [1.29, 1.82) is 5.26 Å². The number of hydrogen-bond donors (Lipinski definition) is 0. The number of alkyl halides is 3. The van der Waals surface area contributed by atoms with Crippen molar-refractivity contribution in [1.82, 2.24) is 0 Å². The maximum Gasteiger partial charge on any atom is 0.417 e. The topological polar surface area (TPSA) is 50.1 Å². The Morgan fingerprint density at radius 3 is 2.35 bits per heavy atom. The maximum absolute atomic E-state index is 12.6. The Kier molecular flexibility index (Phi) is 3.42. The van der Waals surface area contributed by atoms with E-state index in [1.165, 1.54) is 13.2 Å². The van der Waals surface area contributed by atoms with Gasteiger partial charge in [0, 0.05) is 0 Å². The number of halogens is 3. The predicted octanol–water partition coefficient (Wildman–Crippen LogP) is 2.79. The minimum atomic E-state index is -4.68. The first kappa shape index (κ1) is 13.0. The molecular weight excluding hydrogens is 235 g/mol. The van der Waals surface area contributed by atoms with Crippen molar-refractivity contribution in [3.8, 4) is 11.8 Å². The fourth-order valence-electron chi connectivity index (χ4n) is 1.35. The summed E-state index contributed by atoms with van der Waals surface area (Å²) >= 11 is 0. The summed E-state index contributed by atoms with van der Waals surface area (Å²) in [6.07, 6.45) is -4.68. The minimum Gasteiger partial charge on any atom is -0.496 e. The molecule has 0 bridgehead atoms. The van der Waals surface area contributed by atoms with Crippen LogP contribution in [0.15, 0.2) is 12.1 Å². The highest BCUT2D eigenvalue weighted by Gasteiger charge is 2.35. The molecule has 1 aromatic rings. The van der Waals surface area contributed by atoms with E-state index in [4.69, 9.17) is 10.00 Å². The first-order valence-electron chi connectivity index (χ1n) is 4.51. The van der Waals surface area contributed by atoms with Crippen LogP contribution < -0.4 is 4.74 Å². The van der Waals surface area contributed by atoms with Crippen molar-refractivity contribution in [2.45, 2.75) is 13.1 Å². The van der Waals surface area contributed by atoms with E-state index >= 15 is 0 Å². The molecule has 6 heteroatoms. The van der Waals surface area contributed by atoms with Gasteiger partial charge in [-0.2, -0.15) is 18.4 Å². The number of methoxy groups -OCH3 is 1. The zero-order chi connectivity index (χ0) is 13.2. The number of carbonyl (C=O) groups is 1. The van der Waals surface area contributed by atoms with Gasteiger partial charge in [0.25, 0.3) is 0 Å².